The highest BCUT2D eigenvalue weighted by Crippen LogP contribution is 2.20. The molecule has 0 aromatic heterocycles. The summed E-state index contributed by atoms with van der Waals surface area (Å²) in [5.41, 5.74) is 0. The Kier molecular flexibility index (Phi) is 9.95. The van der Waals surface area contributed by atoms with Crippen LogP contribution in [0.4, 0.5) is 0 Å². The van der Waals surface area contributed by atoms with Crippen LogP contribution in [0, 0.1) is 5.92 Å². The SMILES string of the molecule is CN=C(NCCCCCOC1CCCCC1)NC1CCN(C(=O)C(C)C)C1. The summed E-state index contributed by atoms with van der Waals surface area (Å²) in [6, 6.07) is 0.294. The van der Waals surface area contributed by atoms with Crippen molar-refractivity contribution < 1.29 is 9.53 Å². The predicted molar refractivity (Wildman–Crippen MR) is 111 cm³/mol. The molecule has 2 rings (SSSR count). The first kappa shape index (κ1) is 22.0. The van der Waals surface area contributed by atoms with Gasteiger partial charge in [0.15, 0.2) is 5.96 Å². The van der Waals surface area contributed by atoms with E-state index in [0.717, 1.165) is 51.5 Å². The van der Waals surface area contributed by atoms with Gasteiger partial charge in [0.2, 0.25) is 5.91 Å². The minimum atomic E-state index is 0.0725. The normalized spacial score (nSPS) is 21.7. The van der Waals surface area contributed by atoms with Gasteiger partial charge in [0.1, 0.15) is 0 Å². The third-order valence-electron chi connectivity index (χ3n) is 5.58. The molecule has 1 saturated heterocycles. The maximum Gasteiger partial charge on any atom is 0.225 e. The molecule has 156 valence electrons. The number of rotatable bonds is 9. The average molecular weight is 381 g/mol. The smallest absolute Gasteiger partial charge is 0.225 e. The van der Waals surface area contributed by atoms with Crippen LogP contribution in [-0.4, -0.2) is 62.2 Å². The molecule has 0 bridgehead atoms. The highest BCUT2D eigenvalue weighted by atomic mass is 16.5. The van der Waals surface area contributed by atoms with E-state index in [0.29, 0.717) is 12.1 Å². The third-order valence-corrected chi connectivity index (χ3v) is 5.58. The van der Waals surface area contributed by atoms with Crippen molar-refractivity contribution in [1.82, 2.24) is 15.5 Å². The molecule has 0 aromatic carbocycles. The molecule has 1 heterocycles. The summed E-state index contributed by atoms with van der Waals surface area (Å²) in [4.78, 5) is 18.4. The van der Waals surface area contributed by atoms with Crippen molar-refractivity contribution in [3.8, 4) is 0 Å². The van der Waals surface area contributed by atoms with Crippen molar-refractivity contribution in [2.24, 2.45) is 10.9 Å². The number of carbonyl (C=O) groups excluding carboxylic acids is 1. The van der Waals surface area contributed by atoms with E-state index >= 15 is 0 Å². The standard InChI is InChI=1S/C21H40N4O2/c1-17(2)20(26)25-14-12-18(16-25)24-21(22-3)23-13-8-5-9-15-27-19-10-6-4-7-11-19/h17-19H,4-16H2,1-3H3,(H2,22,23,24). The molecule has 1 amide bonds. The van der Waals surface area contributed by atoms with Gasteiger partial charge >= 0.3 is 0 Å². The number of amides is 1. The van der Waals surface area contributed by atoms with Gasteiger partial charge < -0.3 is 20.3 Å². The van der Waals surface area contributed by atoms with Gasteiger partial charge in [-0.1, -0.05) is 33.1 Å². The number of nitrogens with one attached hydrogen (secondary N) is 2. The Bertz CT molecular complexity index is 461. The average Bonchev–Trinajstić information content (AvgIpc) is 3.14. The molecule has 6 heteroatoms. The second kappa shape index (κ2) is 12.2. The summed E-state index contributed by atoms with van der Waals surface area (Å²) in [5.74, 6) is 1.17. The topological polar surface area (TPSA) is 66.0 Å². The summed E-state index contributed by atoms with van der Waals surface area (Å²) in [7, 11) is 1.80. The number of ether oxygens (including phenoxy) is 1. The quantitative estimate of drug-likeness (QED) is 0.367. The second-order valence-electron chi connectivity index (χ2n) is 8.26. The lowest BCUT2D eigenvalue weighted by molar-refractivity contribution is -0.133. The fourth-order valence-electron chi connectivity index (χ4n) is 3.92. The fourth-order valence-corrected chi connectivity index (χ4v) is 3.92. The predicted octanol–water partition coefficient (Wildman–Crippen LogP) is 2.93. The molecule has 27 heavy (non-hydrogen) atoms. The first-order valence-corrected chi connectivity index (χ1v) is 11.0. The van der Waals surface area contributed by atoms with Gasteiger partial charge in [0.05, 0.1) is 6.10 Å². The Balaban J connectivity index is 1.51. The summed E-state index contributed by atoms with van der Waals surface area (Å²) in [5, 5.41) is 6.85. The molecule has 2 aliphatic rings. The van der Waals surface area contributed by atoms with Crippen LogP contribution in [-0.2, 0) is 9.53 Å². The molecule has 2 N–H and O–H groups in total. The molecule has 1 saturated carbocycles. The second-order valence-corrected chi connectivity index (χ2v) is 8.26. The van der Waals surface area contributed by atoms with Crippen LogP contribution in [0.15, 0.2) is 4.99 Å². The number of likely N-dealkylation sites (tertiary alicyclic amines) is 1. The summed E-state index contributed by atoms with van der Waals surface area (Å²) in [6.45, 7) is 7.36. The molecule has 1 unspecified atom stereocenters. The van der Waals surface area contributed by atoms with E-state index in [1.807, 2.05) is 18.7 Å². The summed E-state index contributed by atoms with van der Waals surface area (Å²) in [6.07, 6.45) is 11.5. The van der Waals surface area contributed by atoms with Crippen molar-refractivity contribution in [3.63, 3.8) is 0 Å². The molecule has 0 spiro atoms. The molecule has 6 nitrogen and oxygen atoms in total. The van der Waals surface area contributed by atoms with Gasteiger partial charge in [-0.2, -0.15) is 0 Å². The Morgan fingerprint density at radius 1 is 1.15 bits per heavy atom. The molecule has 0 aromatic rings. The highest BCUT2D eigenvalue weighted by molar-refractivity contribution is 5.81. The molecule has 1 aliphatic heterocycles. The van der Waals surface area contributed by atoms with Crippen LogP contribution in [0.25, 0.3) is 0 Å². The molecular formula is C21H40N4O2. The lowest BCUT2D eigenvalue weighted by Gasteiger charge is -2.22. The van der Waals surface area contributed by atoms with E-state index in [1.54, 1.807) is 7.05 Å². The van der Waals surface area contributed by atoms with Crippen molar-refractivity contribution in [1.29, 1.82) is 0 Å². The van der Waals surface area contributed by atoms with E-state index in [9.17, 15) is 4.79 Å². The maximum absolute atomic E-state index is 12.1. The fraction of sp³-hybridized carbons (Fsp3) is 0.905. The molecule has 2 fully saturated rings. The minimum Gasteiger partial charge on any atom is -0.378 e. The number of carbonyl (C=O) groups is 1. The molecule has 0 radical (unpaired) electrons. The minimum absolute atomic E-state index is 0.0725. The van der Waals surface area contributed by atoms with Crippen molar-refractivity contribution in [2.45, 2.75) is 83.8 Å². The van der Waals surface area contributed by atoms with E-state index in [2.05, 4.69) is 15.6 Å². The lowest BCUT2D eigenvalue weighted by Crippen LogP contribution is -2.45. The Morgan fingerprint density at radius 3 is 2.63 bits per heavy atom. The number of aliphatic imine (C=N–C) groups is 1. The number of nitrogens with zero attached hydrogens (tertiary/aromatic N) is 2. The lowest BCUT2D eigenvalue weighted by atomic mass is 9.98. The molecule has 1 atom stereocenters. The van der Waals surface area contributed by atoms with Gasteiger partial charge in [-0.3, -0.25) is 9.79 Å². The highest BCUT2D eigenvalue weighted by Gasteiger charge is 2.27. The summed E-state index contributed by atoms with van der Waals surface area (Å²) >= 11 is 0. The van der Waals surface area contributed by atoms with E-state index < -0.39 is 0 Å². The molecule has 1 aliphatic carbocycles. The van der Waals surface area contributed by atoms with Gasteiger partial charge in [-0.05, 0) is 38.5 Å². The van der Waals surface area contributed by atoms with Crippen LogP contribution in [0.5, 0.6) is 0 Å². The number of hydrogen-bond donors (Lipinski definition) is 2. The first-order valence-electron chi connectivity index (χ1n) is 11.0. The number of hydrogen-bond acceptors (Lipinski definition) is 3. The number of guanidine groups is 1. The monoisotopic (exact) mass is 380 g/mol. The number of unbranched alkanes of at least 4 members (excludes halogenated alkanes) is 2. The van der Waals surface area contributed by atoms with E-state index in [-0.39, 0.29) is 11.8 Å². The van der Waals surface area contributed by atoms with Gasteiger partial charge in [0.25, 0.3) is 0 Å². The Hall–Kier alpha value is -1.30. The largest absolute Gasteiger partial charge is 0.378 e. The van der Waals surface area contributed by atoms with Crippen molar-refractivity contribution in [3.05, 3.63) is 0 Å². The zero-order chi connectivity index (χ0) is 19.5. The van der Waals surface area contributed by atoms with E-state index in [1.165, 1.54) is 38.5 Å². The van der Waals surface area contributed by atoms with E-state index in [4.69, 9.17) is 4.74 Å². The van der Waals surface area contributed by atoms with Crippen molar-refractivity contribution in [2.75, 3.05) is 33.3 Å². The Morgan fingerprint density at radius 2 is 1.93 bits per heavy atom. The van der Waals surface area contributed by atoms with Crippen LogP contribution >= 0.6 is 0 Å². The van der Waals surface area contributed by atoms with Crippen LogP contribution in [0.3, 0.4) is 0 Å². The van der Waals surface area contributed by atoms with Gasteiger partial charge in [-0.15, -0.1) is 0 Å². The van der Waals surface area contributed by atoms with Gasteiger partial charge in [0, 0.05) is 45.2 Å². The van der Waals surface area contributed by atoms with Crippen molar-refractivity contribution >= 4 is 11.9 Å². The van der Waals surface area contributed by atoms with Crippen LogP contribution in [0.1, 0.15) is 71.6 Å². The maximum atomic E-state index is 12.1. The van der Waals surface area contributed by atoms with Crippen LogP contribution in [0.2, 0.25) is 0 Å². The first-order chi connectivity index (χ1) is 13.1. The third kappa shape index (κ3) is 8.08. The zero-order valence-corrected chi connectivity index (χ0v) is 17.6. The summed E-state index contributed by atoms with van der Waals surface area (Å²) < 4.78 is 5.98. The zero-order valence-electron chi connectivity index (χ0n) is 17.6. The van der Waals surface area contributed by atoms with Gasteiger partial charge in [-0.25, -0.2) is 0 Å². The van der Waals surface area contributed by atoms with Crippen LogP contribution < -0.4 is 10.6 Å². The molecular weight excluding hydrogens is 340 g/mol. The Labute approximate surface area is 165 Å².